The summed E-state index contributed by atoms with van der Waals surface area (Å²) >= 11 is 0. The van der Waals surface area contributed by atoms with E-state index < -0.39 is 11.7 Å². The molecule has 1 aromatic heterocycles. The van der Waals surface area contributed by atoms with Gasteiger partial charge in [-0.2, -0.15) is 0 Å². The zero-order valence-corrected chi connectivity index (χ0v) is 26.8. The van der Waals surface area contributed by atoms with Crippen LogP contribution in [0.5, 0.6) is 5.75 Å². The second-order valence-electron chi connectivity index (χ2n) is 13.6. The molecule has 3 aromatic rings. The lowest BCUT2D eigenvalue weighted by Crippen LogP contribution is -2.44. The first-order chi connectivity index (χ1) is 21.2. The molecule has 0 bridgehead atoms. The Kier molecular flexibility index (Phi) is 8.98. The van der Waals surface area contributed by atoms with Crippen LogP contribution in [0.1, 0.15) is 67.9 Å². The van der Waals surface area contributed by atoms with E-state index in [1.54, 1.807) is 4.57 Å². The summed E-state index contributed by atoms with van der Waals surface area (Å²) in [6.45, 7) is 15.1. The van der Waals surface area contributed by atoms with E-state index in [2.05, 4.69) is 39.2 Å². The summed E-state index contributed by atoms with van der Waals surface area (Å²) in [6.07, 6.45) is 4.25. The van der Waals surface area contributed by atoms with Gasteiger partial charge >= 0.3 is 6.09 Å². The van der Waals surface area contributed by atoms with Gasteiger partial charge in [-0.05, 0) is 96.1 Å². The number of hydrogen-bond donors (Lipinski definition) is 1. The Labute approximate surface area is 261 Å². The van der Waals surface area contributed by atoms with Crippen molar-refractivity contribution in [3.63, 3.8) is 0 Å². The van der Waals surface area contributed by atoms with Crippen LogP contribution < -0.4 is 10.1 Å². The van der Waals surface area contributed by atoms with Crippen LogP contribution in [0.4, 0.5) is 4.79 Å². The summed E-state index contributed by atoms with van der Waals surface area (Å²) in [4.78, 5) is 34.3. The molecule has 0 unspecified atom stereocenters. The van der Waals surface area contributed by atoms with Crippen molar-refractivity contribution in [1.29, 1.82) is 0 Å². The Morgan fingerprint density at radius 3 is 2.45 bits per heavy atom. The number of carbonyl (C=O) groups is 2. The first-order valence-corrected chi connectivity index (χ1v) is 16.2. The molecule has 0 saturated carbocycles. The molecule has 6 rings (SSSR count). The van der Waals surface area contributed by atoms with E-state index in [1.807, 2.05) is 45.0 Å². The van der Waals surface area contributed by atoms with Crippen molar-refractivity contribution in [2.24, 2.45) is 0 Å². The normalized spacial score (nSPS) is 18.4. The summed E-state index contributed by atoms with van der Waals surface area (Å²) in [5, 5.41) is 3.95. The highest BCUT2D eigenvalue weighted by atomic mass is 16.6. The van der Waals surface area contributed by atoms with Gasteiger partial charge in [0.1, 0.15) is 11.4 Å². The number of carbonyl (C=O) groups excluding carboxylic acids is 2. The van der Waals surface area contributed by atoms with E-state index in [0.717, 1.165) is 81.0 Å². The van der Waals surface area contributed by atoms with Crippen molar-refractivity contribution in [3.8, 4) is 17.0 Å². The molecule has 9 nitrogen and oxygen atoms in total. The SMILES string of the molecule is CN1CCN(CCCOc2ccc(-c3cc4cc(CN5CCCCC5)ccc4n3C(=O)OC(C)(C)C)c3c2CNC3=O)CC1. The average Bonchev–Trinajstić information content (AvgIpc) is 3.57. The molecule has 0 radical (unpaired) electrons. The van der Waals surface area contributed by atoms with Gasteiger partial charge in [0.25, 0.3) is 5.91 Å². The van der Waals surface area contributed by atoms with Gasteiger partial charge in [-0.3, -0.25) is 9.69 Å². The molecule has 3 aliphatic heterocycles. The molecular weight excluding hydrogens is 554 g/mol. The molecule has 0 atom stereocenters. The van der Waals surface area contributed by atoms with Crippen molar-refractivity contribution < 1.29 is 19.1 Å². The van der Waals surface area contributed by atoms with Gasteiger partial charge in [0.05, 0.1) is 23.4 Å². The largest absolute Gasteiger partial charge is 0.493 e. The minimum Gasteiger partial charge on any atom is -0.493 e. The van der Waals surface area contributed by atoms with E-state index in [4.69, 9.17) is 9.47 Å². The minimum absolute atomic E-state index is 0.148. The van der Waals surface area contributed by atoms with Crippen LogP contribution in [0.2, 0.25) is 0 Å². The average molecular weight is 602 g/mol. The molecular formula is C35H47N5O4. The second-order valence-corrected chi connectivity index (χ2v) is 13.6. The fourth-order valence-electron chi connectivity index (χ4n) is 6.65. The number of piperidine rings is 1. The van der Waals surface area contributed by atoms with Gasteiger partial charge in [-0.25, -0.2) is 9.36 Å². The Morgan fingerprint density at radius 1 is 0.932 bits per heavy atom. The van der Waals surface area contributed by atoms with Crippen molar-refractivity contribution in [2.45, 2.75) is 65.1 Å². The molecule has 2 aromatic carbocycles. The van der Waals surface area contributed by atoms with Crippen LogP contribution in [0.3, 0.4) is 0 Å². The zero-order chi connectivity index (χ0) is 30.8. The van der Waals surface area contributed by atoms with Crippen LogP contribution in [0, 0.1) is 0 Å². The molecule has 1 N–H and O–H groups in total. The summed E-state index contributed by atoms with van der Waals surface area (Å²) in [6, 6.07) is 12.2. The summed E-state index contributed by atoms with van der Waals surface area (Å²) in [5.74, 6) is 0.578. The van der Waals surface area contributed by atoms with Crippen molar-refractivity contribution in [1.82, 2.24) is 24.6 Å². The fourth-order valence-corrected chi connectivity index (χ4v) is 6.65. The van der Waals surface area contributed by atoms with Gasteiger partial charge in [0.2, 0.25) is 0 Å². The lowest BCUT2D eigenvalue weighted by molar-refractivity contribution is 0.0547. The van der Waals surface area contributed by atoms with Gasteiger partial charge in [-0.1, -0.05) is 12.5 Å². The first kappa shape index (κ1) is 30.6. The number of hydrogen-bond acceptors (Lipinski definition) is 7. The number of benzene rings is 2. The monoisotopic (exact) mass is 601 g/mol. The summed E-state index contributed by atoms with van der Waals surface area (Å²) < 4.78 is 13.8. The molecule has 2 fully saturated rings. The first-order valence-electron chi connectivity index (χ1n) is 16.2. The van der Waals surface area contributed by atoms with E-state index in [1.165, 1.54) is 24.8 Å². The maximum absolute atomic E-state index is 13.7. The molecule has 4 heterocycles. The third kappa shape index (κ3) is 6.80. The van der Waals surface area contributed by atoms with E-state index in [9.17, 15) is 9.59 Å². The molecule has 0 spiro atoms. The van der Waals surface area contributed by atoms with Crippen molar-refractivity contribution in [2.75, 3.05) is 59.5 Å². The van der Waals surface area contributed by atoms with Crippen LogP contribution in [-0.2, 0) is 17.8 Å². The highest BCUT2D eigenvalue weighted by molar-refractivity contribution is 6.07. The Balaban J connectivity index is 1.30. The molecule has 9 heteroatoms. The highest BCUT2D eigenvalue weighted by Crippen LogP contribution is 2.38. The lowest BCUT2D eigenvalue weighted by Gasteiger charge is -2.32. The Bertz CT molecular complexity index is 1510. The number of likely N-dealkylation sites (tertiary alicyclic amines) is 1. The van der Waals surface area contributed by atoms with E-state index >= 15 is 0 Å². The Morgan fingerprint density at radius 2 is 1.70 bits per heavy atom. The van der Waals surface area contributed by atoms with E-state index in [-0.39, 0.29) is 5.91 Å². The predicted octanol–water partition coefficient (Wildman–Crippen LogP) is 5.34. The lowest BCUT2D eigenvalue weighted by atomic mass is 9.99. The number of aromatic nitrogens is 1. The van der Waals surface area contributed by atoms with Crippen molar-refractivity contribution in [3.05, 3.63) is 53.1 Å². The Hall–Kier alpha value is -3.40. The topological polar surface area (TPSA) is 79.3 Å². The molecule has 236 valence electrons. The van der Waals surface area contributed by atoms with Gasteiger partial charge < -0.3 is 24.6 Å². The van der Waals surface area contributed by atoms with Crippen LogP contribution in [0.15, 0.2) is 36.4 Å². The molecule has 44 heavy (non-hydrogen) atoms. The fraction of sp³-hybridized carbons (Fsp3) is 0.543. The maximum atomic E-state index is 13.7. The number of amides is 1. The predicted molar refractivity (Wildman–Crippen MR) is 173 cm³/mol. The van der Waals surface area contributed by atoms with Crippen molar-refractivity contribution >= 4 is 22.9 Å². The molecule has 3 aliphatic rings. The van der Waals surface area contributed by atoms with Gasteiger partial charge in [0.15, 0.2) is 0 Å². The van der Waals surface area contributed by atoms with E-state index in [0.29, 0.717) is 30.0 Å². The van der Waals surface area contributed by atoms with Crippen LogP contribution in [0.25, 0.3) is 22.2 Å². The number of rotatable bonds is 8. The third-order valence-corrected chi connectivity index (χ3v) is 8.97. The number of piperazine rings is 1. The maximum Gasteiger partial charge on any atom is 0.419 e. The number of ether oxygens (including phenoxy) is 2. The second kappa shape index (κ2) is 12.9. The number of likely N-dealkylation sites (N-methyl/N-ethyl adjacent to an activating group) is 1. The summed E-state index contributed by atoms with van der Waals surface area (Å²) in [7, 11) is 2.17. The molecule has 2 saturated heterocycles. The smallest absolute Gasteiger partial charge is 0.419 e. The summed E-state index contributed by atoms with van der Waals surface area (Å²) in [5.41, 5.74) is 4.10. The van der Waals surface area contributed by atoms with Gasteiger partial charge in [0, 0.05) is 62.3 Å². The number of nitrogens with one attached hydrogen (secondary N) is 1. The minimum atomic E-state index is -0.666. The number of fused-ring (bicyclic) bond motifs is 2. The quantitative estimate of drug-likeness (QED) is 0.350. The number of nitrogens with zero attached hydrogens (tertiary/aromatic N) is 4. The van der Waals surface area contributed by atoms with Crippen LogP contribution in [-0.4, -0.2) is 96.3 Å². The molecule has 0 aliphatic carbocycles. The van der Waals surface area contributed by atoms with Gasteiger partial charge in [-0.15, -0.1) is 0 Å². The standard InChI is InChI=1S/C35H47N5O4/c1-35(2,3)44-34(42)40-29-11-9-25(24-39-13-6-5-7-14-39)21-26(29)22-30(40)27-10-12-31(28-23-36-33(41)32(27)28)43-20-8-15-38-18-16-37(4)17-19-38/h9-12,21-22H,5-8,13-20,23-24H2,1-4H3,(H,36,41). The van der Waals surface area contributed by atoms with Crippen LogP contribution >= 0.6 is 0 Å². The molecule has 1 amide bonds. The third-order valence-electron chi connectivity index (χ3n) is 8.97. The zero-order valence-electron chi connectivity index (χ0n) is 26.8. The highest BCUT2D eigenvalue weighted by Gasteiger charge is 2.31.